The summed E-state index contributed by atoms with van der Waals surface area (Å²) in [6, 6.07) is 14.1. The minimum absolute atomic E-state index is 0.169. The molecule has 9 heteroatoms. The van der Waals surface area contributed by atoms with Gasteiger partial charge in [-0.05, 0) is 65.6 Å². The van der Waals surface area contributed by atoms with Crippen LogP contribution >= 0.6 is 11.3 Å². The molecule has 1 aliphatic heterocycles. The molecule has 220 valence electrons. The molecule has 1 aliphatic rings. The van der Waals surface area contributed by atoms with Crippen LogP contribution in [0, 0.1) is 5.92 Å². The van der Waals surface area contributed by atoms with E-state index in [2.05, 4.69) is 38.8 Å². The number of hydrogen-bond donors (Lipinski definition) is 4. The highest BCUT2D eigenvalue weighted by molar-refractivity contribution is 7.17. The van der Waals surface area contributed by atoms with Crippen LogP contribution in [0.2, 0.25) is 0 Å². The lowest BCUT2D eigenvalue weighted by Gasteiger charge is -2.27. The molecule has 0 spiro atoms. The summed E-state index contributed by atoms with van der Waals surface area (Å²) < 4.78 is 7.29. The highest BCUT2D eigenvalue weighted by Crippen LogP contribution is 2.27. The second-order valence-electron chi connectivity index (χ2n) is 10.9. The average molecular weight is 579 g/mol. The Kier molecular flexibility index (Phi) is 11.2. The number of amides is 3. The zero-order valence-electron chi connectivity index (χ0n) is 24.2. The van der Waals surface area contributed by atoms with Gasteiger partial charge in [-0.3, -0.25) is 14.4 Å². The fourth-order valence-corrected chi connectivity index (χ4v) is 6.11. The van der Waals surface area contributed by atoms with Crippen molar-refractivity contribution in [3.05, 3.63) is 65.0 Å². The van der Waals surface area contributed by atoms with E-state index < -0.39 is 18.1 Å². The monoisotopic (exact) mass is 578 g/mol. The van der Waals surface area contributed by atoms with Gasteiger partial charge < -0.3 is 26.0 Å². The third-order valence-corrected chi connectivity index (χ3v) is 8.42. The Bertz CT molecular complexity index is 1320. The second kappa shape index (κ2) is 15.0. The maximum Gasteiger partial charge on any atom is 0.243 e. The summed E-state index contributed by atoms with van der Waals surface area (Å²) in [5, 5.41) is 15.5. The van der Waals surface area contributed by atoms with E-state index in [0.717, 1.165) is 41.5 Å². The number of para-hydroxylation sites is 1. The third kappa shape index (κ3) is 8.30. The molecule has 0 saturated carbocycles. The van der Waals surface area contributed by atoms with E-state index in [1.54, 1.807) is 11.3 Å². The summed E-state index contributed by atoms with van der Waals surface area (Å²) in [6.45, 7) is 7.11. The highest BCUT2D eigenvalue weighted by atomic mass is 32.1. The minimum Gasteiger partial charge on any atom is -0.492 e. The standard InChI is InChI=1S/C32H42N4O4S/c1-4-10-25-30(37)34-16-9-12-22-11-5-7-14-27(22)40-18-17-33-26(31(38)36-29(21(2)3)32(39)35-25)19-23-20-41-28-15-8-6-13-24(23)28/h5-8,11,13-15,20-21,25-26,29,33H,4,9-10,12,16-19H2,1-3H3,(H,34,37)(H,35,39)(H,36,38)/t25-,26+,29+/m0/s1. The average Bonchev–Trinajstić information content (AvgIpc) is 3.37. The molecule has 3 aromatic rings. The van der Waals surface area contributed by atoms with Gasteiger partial charge in [0.05, 0.1) is 6.04 Å². The lowest BCUT2D eigenvalue weighted by Crippen LogP contribution is -2.58. The van der Waals surface area contributed by atoms with Gasteiger partial charge in [-0.2, -0.15) is 0 Å². The third-order valence-electron chi connectivity index (χ3n) is 7.40. The Morgan fingerprint density at radius 3 is 2.51 bits per heavy atom. The topological polar surface area (TPSA) is 109 Å². The van der Waals surface area contributed by atoms with Crippen LogP contribution in [0.1, 0.15) is 51.2 Å². The normalized spacial score (nSPS) is 21.7. The number of hydrogen-bond acceptors (Lipinski definition) is 6. The number of fused-ring (bicyclic) bond motifs is 2. The smallest absolute Gasteiger partial charge is 0.243 e. The van der Waals surface area contributed by atoms with Gasteiger partial charge in [0.2, 0.25) is 17.7 Å². The van der Waals surface area contributed by atoms with Crippen LogP contribution in [0.15, 0.2) is 53.9 Å². The highest BCUT2D eigenvalue weighted by Gasteiger charge is 2.31. The molecule has 2 aromatic carbocycles. The summed E-state index contributed by atoms with van der Waals surface area (Å²) in [4.78, 5) is 40.2. The number of thiophene rings is 1. The molecular formula is C32H42N4O4S. The predicted molar refractivity (Wildman–Crippen MR) is 164 cm³/mol. The van der Waals surface area contributed by atoms with Gasteiger partial charge in [0.15, 0.2) is 0 Å². The van der Waals surface area contributed by atoms with Gasteiger partial charge in [-0.25, -0.2) is 0 Å². The van der Waals surface area contributed by atoms with Crippen molar-refractivity contribution >= 4 is 39.1 Å². The van der Waals surface area contributed by atoms with Gasteiger partial charge in [-0.1, -0.05) is 63.6 Å². The summed E-state index contributed by atoms with van der Waals surface area (Å²) in [5.41, 5.74) is 2.15. The van der Waals surface area contributed by atoms with Crippen molar-refractivity contribution in [1.82, 2.24) is 21.3 Å². The van der Waals surface area contributed by atoms with Gasteiger partial charge in [0.1, 0.15) is 24.4 Å². The lowest BCUT2D eigenvalue weighted by atomic mass is 10.00. The lowest BCUT2D eigenvalue weighted by molar-refractivity contribution is -0.133. The molecular weight excluding hydrogens is 536 g/mol. The van der Waals surface area contributed by atoms with Crippen LogP contribution in [0.25, 0.3) is 10.1 Å². The quantitative estimate of drug-likeness (QED) is 0.367. The van der Waals surface area contributed by atoms with Crippen molar-refractivity contribution in [3.8, 4) is 5.75 Å². The zero-order chi connectivity index (χ0) is 29.2. The van der Waals surface area contributed by atoms with E-state index in [1.165, 1.54) is 4.70 Å². The first-order valence-electron chi connectivity index (χ1n) is 14.6. The van der Waals surface area contributed by atoms with Crippen LogP contribution in [0.4, 0.5) is 0 Å². The van der Waals surface area contributed by atoms with E-state index in [0.29, 0.717) is 32.5 Å². The van der Waals surface area contributed by atoms with Gasteiger partial charge in [0, 0.05) is 17.8 Å². The molecule has 41 heavy (non-hydrogen) atoms. The number of carbonyl (C=O) groups is 3. The Labute approximate surface area is 246 Å². The van der Waals surface area contributed by atoms with E-state index in [-0.39, 0.29) is 23.6 Å². The first-order valence-corrected chi connectivity index (χ1v) is 15.5. The molecule has 4 N–H and O–H groups in total. The molecule has 0 saturated heterocycles. The van der Waals surface area contributed by atoms with Gasteiger partial charge >= 0.3 is 0 Å². The molecule has 0 radical (unpaired) electrons. The minimum atomic E-state index is -0.778. The molecule has 0 aliphatic carbocycles. The summed E-state index contributed by atoms with van der Waals surface area (Å²) >= 11 is 1.66. The molecule has 2 heterocycles. The van der Waals surface area contributed by atoms with Crippen molar-refractivity contribution in [2.75, 3.05) is 19.7 Å². The number of rotatable bonds is 5. The molecule has 0 unspecified atom stereocenters. The first kappa shape index (κ1) is 30.5. The van der Waals surface area contributed by atoms with E-state index in [9.17, 15) is 14.4 Å². The van der Waals surface area contributed by atoms with Crippen molar-refractivity contribution in [2.45, 2.75) is 71.0 Å². The molecule has 3 amide bonds. The SMILES string of the molecule is CCC[C@@H]1NC(=O)[C@@H](C(C)C)NC(=O)[C@@H](Cc2csc3ccccc23)NCCOc2ccccc2CCCNC1=O. The Balaban J connectivity index is 1.59. The van der Waals surface area contributed by atoms with Crippen LogP contribution in [-0.4, -0.2) is 55.5 Å². The predicted octanol–water partition coefficient (Wildman–Crippen LogP) is 3.97. The fraction of sp³-hybridized carbons (Fsp3) is 0.469. The van der Waals surface area contributed by atoms with Crippen molar-refractivity contribution in [3.63, 3.8) is 0 Å². The number of benzene rings is 2. The van der Waals surface area contributed by atoms with Crippen LogP contribution in [-0.2, 0) is 27.2 Å². The Morgan fingerprint density at radius 1 is 0.927 bits per heavy atom. The number of nitrogens with one attached hydrogen (secondary N) is 4. The van der Waals surface area contributed by atoms with Crippen molar-refractivity contribution in [2.24, 2.45) is 5.92 Å². The largest absolute Gasteiger partial charge is 0.492 e. The summed E-state index contributed by atoms with van der Waals surface area (Å²) in [5.74, 6) is -0.171. The zero-order valence-corrected chi connectivity index (χ0v) is 25.0. The molecule has 8 nitrogen and oxygen atoms in total. The van der Waals surface area contributed by atoms with Gasteiger partial charge in [0.25, 0.3) is 0 Å². The second-order valence-corrected chi connectivity index (χ2v) is 11.8. The molecule has 0 fully saturated rings. The van der Waals surface area contributed by atoms with E-state index in [1.807, 2.05) is 57.2 Å². The van der Waals surface area contributed by atoms with Crippen molar-refractivity contribution < 1.29 is 19.1 Å². The van der Waals surface area contributed by atoms with E-state index in [4.69, 9.17) is 4.74 Å². The molecule has 1 aromatic heterocycles. The number of aryl methyl sites for hydroxylation is 1. The van der Waals surface area contributed by atoms with Gasteiger partial charge in [-0.15, -0.1) is 11.3 Å². The summed E-state index contributed by atoms with van der Waals surface area (Å²) in [7, 11) is 0. The number of ether oxygens (including phenoxy) is 1. The summed E-state index contributed by atoms with van der Waals surface area (Å²) in [6.07, 6.45) is 3.23. The number of carbonyl (C=O) groups excluding carboxylic acids is 3. The molecule has 0 bridgehead atoms. The van der Waals surface area contributed by atoms with Crippen LogP contribution < -0.4 is 26.0 Å². The first-order chi connectivity index (χ1) is 19.9. The maximum atomic E-state index is 13.7. The Hall–Kier alpha value is -3.43. The van der Waals surface area contributed by atoms with Crippen LogP contribution in [0.3, 0.4) is 0 Å². The molecule has 3 atom stereocenters. The fourth-order valence-electron chi connectivity index (χ4n) is 5.14. The Morgan fingerprint density at radius 2 is 1.71 bits per heavy atom. The van der Waals surface area contributed by atoms with E-state index >= 15 is 0 Å². The van der Waals surface area contributed by atoms with Crippen LogP contribution in [0.5, 0.6) is 5.75 Å². The maximum absolute atomic E-state index is 13.7. The molecule has 4 rings (SSSR count). The van der Waals surface area contributed by atoms with Crippen molar-refractivity contribution in [1.29, 1.82) is 0 Å².